The number of hydrogen-bond acceptors (Lipinski definition) is 2. The summed E-state index contributed by atoms with van der Waals surface area (Å²) in [5.74, 6) is 0. The van der Waals surface area contributed by atoms with Gasteiger partial charge in [0.15, 0.2) is 5.65 Å². The highest BCUT2D eigenvalue weighted by molar-refractivity contribution is 6.33. The van der Waals surface area contributed by atoms with Crippen molar-refractivity contribution in [2.24, 2.45) is 0 Å². The lowest BCUT2D eigenvalue weighted by Crippen LogP contribution is -2.07. The summed E-state index contributed by atoms with van der Waals surface area (Å²) in [6, 6.07) is 2.67. The Labute approximate surface area is 99.1 Å². The first-order chi connectivity index (χ1) is 7.93. The van der Waals surface area contributed by atoms with E-state index in [0.29, 0.717) is 5.69 Å². The first kappa shape index (κ1) is 11.7. The van der Waals surface area contributed by atoms with Crippen molar-refractivity contribution in [2.45, 2.75) is 12.6 Å². The molecule has 0 bridgehead atoms. The number of alkyl halides is 3. The van der Waals surface area contributed by atoms with Gasteiger partial charge in [-0.1, -0.05) is 11.6 Å². The van der Waals surface area contributed by atoms with Crippen LogP contribution in [0.2, 0.25) is 5.02 Å². The van der Waals surface area contributed by atoms with Crippen LogP contribution in [0.5, 0.6) is 0 Å². The zero-order chi connectivity index (χ0) is 12.6. The Bertz CT molecular complexity index is 610. The minimum Gasteiger partial charge on any atom is -0.301 e. The zero-order valence-electron chi connectivity index (χ0n) is 8.29. The van der Waals surface area contributed by atoms with Crippen molar-refractivity contribution >= 4 is 17.2 Å². The van der Waals surface area contributed by atoms with Gasteiger partial charge < -0.3 is 4.40 Å². The fourth-order valence-electron chi connectivity index (χ4n) is 1.46. The number of hydrogen-bond donors (Lipinski definition) is 0. The molecule has 0 aliphatic rings. The number of pyridine rings is 1. The van der Waals surface area contributed by atoms with Crippen molar-refractivity contribution < 1.29 is 13.2 Å². The summed E-state index contributed by atoms with van der Waals surface area (Å²) >= 11 is 5.72. The highest BCUT2D eigenvalue weighted by Gasteiger charge is 2.32. The van der Waals surface area contributed by atoms with Crippen molar-refractivity contribution in [1.82, 2.24) is 9.38 Å². The molecule has 0 unspecified atom stereocenters. The molecule has 0 spiro atoms. The molecule has 88 valence electrons. The van der Waals surface area contributed by atoms with Crippen LogP contribution in [-0.2, 0) is 12.6 Å². The van der Waals surface area contributed by atoms with Gasteiger partial charge in [-0.3, -0.25) is 0 Å². The molecule has 0 atom stereocenters. The van der Waals surface area contributed by atoms with Crippen LogP contribution < -0.4 is 0 Å². The number of nitriles is 1. The molecule has 0 radical (unpaired) electrons. The molecular weight excluding hydrogens is 255 g/mol. The van der Waals surface area contributed by atoms with Gasteiger partial charge in [-0.15, -0.1) is 0 Å². The van der Waals surface area contributed by atoms with Crippen molar-refractivity contribution in [1.29, 1.82) is 5.26 Å². The molecule has 0 aliphatic carbocycles. The molecule has 2 aromatic rings. The molecule has 2 rings (SSSR count). The number of halogens is 4. The molecule has 2 aromatic heterocycles. The van der Waals surface area contributed by atoms with Crippen LogP contribution in [0.15, 0.2) is 18.5 Å². The third kappa shape index (κ3) is 2.06. The smallest absolute Gasteiger partial charge is 0.301 e. The van der Waals surface area contributed by atoms with E-state index in [2.05, 4.69) is 4.98 Å². The SMILES string of the molecule is N#CCc1cnc2c(Cl)cc(C(F)(F)F)cn12. The predicted molar refractivity (Wildman–Crippen MR) is 54.5 cm³/mol. The Morgan fingerprint density at radius 3 is 2.76 bits per heavy atom. The number of fused-ring (bicyclic) bond motifs is 1. The average Bonchev–Trinajstić information content (AvgIpc) is 2.61. The van der Waals surface area contributed by atoms with Crippen LogP contribution in [0.4, 0.5) is 13.2 Å². The van der Waals surface area contributed by atoms with Crippen LogP contribution in [-0.4, -0.2) is 9.38 Å². The van der Waals surface area contributed by atoms with Crippen LogP contribution in [0.25, 0.3) is 5.65 Å². The highest BCUT2D eigenvalue weighted by Crippen LogP contribution is 2.32. The van der Waals surface area contributed by atoms with Gasteiger partial charge in [0.25, 0.3) is 0 Å². The van der Waals surface area contributed by atoms with E-state index >= 15 is 0 Å². The summed E-state index contributed by atoms with van der Waals surface area (Å²) in [5, 5.41) is 8.46. The quantitative estimate of drug-likeness (QED) is 0.790. The molecule has 2 heterocycles. The van der Waals surface area contributed by atoms with E-state index in [1.54, 1.807) is 0 Å². The van der Waals surface area contributed by atoms with E-state index in [9.17, 15) is 13.2 Å². The number of imidazole rings is 1. The molecule has 0 saturated heterocycles. The molecule has 0 aromatic carbocycles. The summed E-state index contributed by atoms with van der Waals surface area (Å²) in [4.78, 5) is 3.87. The van der Waals surface area contributed by atoms with Gasteiger partial charge in [-0.25, -0.2) is 4.98 Å². The molecule has 0 fully saturated rings. The second kappa shape index (κ2) is 3.93. The average molecular weight is 260 g/mol. The second-order valence-corrected chi connectivity index (χ2v) is 3.76. The molecule has 0 N–H and O–H groups in total. The molecule has 0 aliphatic heterocycles. The van der Waals surface area contributed by atoms with Gasteiger partial charge in [-0.2, -0.15) is 18.4 Å². The summed E-state index contributed by atoms with van der Waals surface area (Å²) < 4.78 is 38.9. The third-order valence-electron chi connectivity index (χ3n) is 2.23. The lowest BCUT2D eigenvalue weighted by Gasteiger charge is -2.08. The summed E-state index contributed by atoms with van der Waals surface area (Å²) in [5.41, 5.74) is -0.285. The van der Waals surface area contributed by atoms with Crippen LogP contribution in [0.1, 0.15) is 11.3 Å². The number of rotatable bonds is 1. The fraction of sp³-hybridized carbons (Fsp3) is 0.200. The zero-order valence-corrected chi connectivity index (χ0v) is 9.05. The Hall–Kier alpha value is -1.74. The van der Waals surface area contributed by atoms with Crippen molar-refractivity contribution in [3.8, 4) is 6.07 Å². The van der Waals surface area contributed by atoms with Gasteiger partial charge in [0.2, 0.25) is 0 Å². The van der Waals surface area contributed by atoms with Crippen LogP contribution in [0, 0.1) is 11.3 Å². The molecule has 0 saturated carbocycles. The lowest BCUT2D eigenvalue weighted by atomic mass is 10.2. The Balaban J connectivity index is 2.70. The maximum absolute atomic E-state index is 12.6. The normalized spacial score (nSPS) is 11.7. The Morgan fingerprint density at radius 2 is 2.18 bits per heavy atom. The minimum atomic E-state index is -4.48. The first-order valence-electron chi connectivity index (χ1n) is 4.53. The van der Waals surface area contributed by atoms with Gasteiger partial charge in [0, 0.05) is 6.20 Å². The van der Waals surface area contributed by atoms with Gasteiger partial charge in [-0.05, 0) is 6.07 Å². The first-order valence-corrected chi connectivity index (χ1v) is 4.91. The monoisotopic (exact) mass is 259 g/mol. The Kier molecular flexibility index (Phi) is 2.71. The second-order valence-electron chi connectivity index (χ2n) is 3.35. The predicted octanol–water partition coefficient (Wildman–Crippen LogP) is 3.07. The topological polar surface area (TPSA) is 41.1 Å². The van der Waals surface area contributed by atoms with Gasteiger partial charge >= 0.3 is 6.18 Å². The van der Waals surface area contributed by atoms with E-state index in [-0.39, 0.29) is 17.1 Å². The maximum Gasteiger partial charge on any atom is 0.417 e. The molecule has 7 heteroatoms. The summed E-state index contributed by atoms with van der Waals surface area (Å²) in [7, 11) is 0. The summed E-state index contributed by atoms with van der Waals surface area (Å²) in [6.45, 7) is 0. The molecule has 17 heavy (non-hydrogen) atoms. The van der Waals surface area contributed by atoms with Crippen LogP contribution >= 0.6 is 11.6 Å². The fourth-order valence-corrected chi connectivity index (χ4v) is 1.72. The number of aromatic nitrogens is 2. The lowest BCUT2D eigenvalue weighted by molar-refractivity contribution is -0.137. The largest absolute Gasteiger partial charge is 0.417 e. The van der Waals surface area contributed by atoms with Crippen LogP contribution in [0.3, 0.4) is 0 Å². The number of nitrogens with zero attached hydrogens (tertiary/aromatic N) is 3. The highest BCUT2D eigenvalue weighted by atomic mass is 35.5. The minimum absolute atomic E-state index is 0.0290. The van der Waals surface area contributed by atoms with Gasteiger partial charge in [0.1, 0.15) is 0 Å². The Morgan fingerprint density at radius 1 is 1.47 bits per heavy atom. The van der Waals surface area contributed by atoms with E-state index < -0.39 is 11.7 Å². The molecule has 0 amide bonds. The van der Waals surface area contributed by atoms with E-state index in [1.807, 2.05) is 6.07 Å². The molecular formula is C10H5ClF3N3. The van der Waals surface area contributed by atoms with E-state index in [4.69, 9.17) is 16.9 Å². The van der Waals surface area contributed by atoms with E-state index in [0.717, 1.165) is 12.3 Å². The van der Waals surface area contributed by atoms with Gasteiger partial charge in [0.05, 0.1) is 35.0 Å². The van der Waals surface area contributed by atoms with Crippen molar-refractivity contribution in [3.05, 3.63) is 34.7 Å². The summed E-state index contributed by atoms with van der Waals surface area (Å²) in [6.07, 6.45) is -2.28. The molecule has 3 nitrogen and oxygen atoms in total. The maximum atomic E-state index is 12.6. The van der Waals surface area contributed by atoms with Crippen molar-refractivity contribution in [2.75, 3.05) is 0 Å². The standard InChI is InChI=1S/C10H5ClF3N3/c11-8-3-6(10(12,13)14)5-17-7(1-2-15)4-16-9(8)17/h3-5H,1H2. The third-order valence-corrected chi connectivity index (χ3v) is 2.50. The van der Waals surface area contributed by atoms with E-state index in [1.165, 1.54) is 10.6 Å². The van der Waals surface area contributed by atoms with Crippen molar-refractivity contribution in [3.63, 3.8) is 0 Å².